The first-order valence-electron chi connectivity index (χ1n) is 8.51. The van der Waals surface area contributed by atoms with Gasteiger partial charge in [0, 0.05) is 22.9 Å². The number of rotatable bonds is 5. The molecule has 0 aliphatic carbocycles. The van der Waals surface area contributed by atoms with E-state index >= 15 is 0 Å². The number of hydrogen-bond donors (Lipinski definition) is 1. The van der Waals surface area contributed by atoms with Gasteiger partial charge in [0.1, 0.15) is 5.69 Å². The van der Waals surface area contributed by atoms with Crippen LogP contribution < -0.4 is 5.32 Å². The third kappa shape index (κ3) is 3.99. The molecule has 1 heterocycles. The fourth-order valence-electron chi connectivity index (χ4n) is 2.74. The molecule has 0 saturated heterocycles. The molecular weight excluding hydrogens is 332 g/mol. The van der Waals surface area contributed by atoms with Crippen LogP contribution in [0, 0.1) is 0 Å². The van der Waals surface area contributed by atoms with E-state index in [2.05, 4.69) is 10.3 Å². The number of amides is 1. The van der Waals surface area contributed by atoms with E-state index in [1.54, 1.807) is 0 Å². The number of aromatic nitrogens is 1. The van der Waals surface area contributed by atoms with E-state index in [0.29, 0.717) is 17.1 Å². The topological polar surface area (TPSA) is 42.0 Å². The number of pyridine rings is 1. The Kier molecular flexibility index (Phi) is 5.34. The molecule has 1 N–H and O–H groups in total. The minimum atomic E-state index is -0.138. The molecule has 1 amide bonds. The van der Waals surface area contributed by atoms with Gasteiger partial charge in [0.2, 0.25) is 0 Å². The highest BCUT2D eigenvalue weighted by atomic mass is 35.5. The van der Waals surface area contributed by atoms with E-state index in [0.717, 1.165) is 28.5 Å². The zero-order valence-corrected chi connectivity index (χ0v) is 15.2. The van der Waals surface area contributed by atoms with Gasteiger partial charge in [0.25, 0.3) is 5.91 Å². The largest absolute Gasteiger partial charge is 0.348 e. The van der Waals surface area contributed by atoms with Crippen LogP contribution in [0.15, 0.2) is 54.6 Å². The SMILES string of the molecule is CCC(C)NC(=O)c1cc2ccccc2c(Cc2ccccc2Cl)n1. The van der Waals surface area contributed by atoms with Crippen LogP contribution in [0.2, 0.25) is 5.02 Å². The van der Waals surface area contributed by atoms with Gasteiger partial charge in [0.15, 0.2) is 0 Å². The monoisotopic (exact) mass is 352 g/mol. The molecule has 1 unspecified atom stereocenters. The van der Waals surface area contributed by atoms with Crippen LogP contribution in [-0.2, 0) is 6.42 Å². The molecule has 3 aromatic rings. The second-order valence-corrected chi connectivity index (χ2v) is 6.63. The molecule has 0 aliphatic rings. The van der Waals surface area contributed by atoms with Gasteiger partial charge in [-0.1, -0.05) is 61.0 Å². The molecule has 25 heavy (non-hydrogen) atoms. The number of halogens is 1. The van der Waals surface area contributed by atoms with Gasteiger partial charge < -0.3 is 5.32 Å². The second kappa shape index (κ2) is 7.66. The van der Waals surface area contributed by atoms with E-state index < -0.39 is 0 Å². The number of benzene rings is 2. The van der Waals surface area contributed by atoms with E-state index in [1.165, 1.54) is 0 Å². The highest BCUT2D eigenvalue weighted by Gasteiger charge is 2.14. The standard InChI is InChI=1S/C21H21ClN2O/c1-3-14(2)23-21(25)20-12-15-8-4-6-10-17(15)19(24-20)13-16-9-5-7-11-18(16)22/h4-12,14H,3,13H2,1-2H3,(H,23,25). The fraction of sp³-hybridized carbons (Fsp3) is 0.238. The lowest BCUT2D eigenvalue weighted by atomic mass is 10.0. The summed E-state index contributed by atoms with van der Waals surface area (Å²) in [5.74, 6) is -0.138. The van der Waals surface area contributed by atoms with Gasteiger partial charge in [-0.3, -0.25) is 4.79 Å². The summed E-state index contributed by atoms with van der Waals surface area (Å²) in [7, 11) is 0. The lowest BCUT2D eigenvalue weighted by Crippen LogP contribution is -2.32. The summed E-state index contributed by atoms with van der Waals surface area (Å²) < 4.78 is 0. The minimum Gasteiger partial charge on any atom is -0.348 e. The van der Waals surface area contributed by atoms with Crippen molar-refractivity contribution in [3.63, 3.8) is 0 Å². The molecule has 0 bridgehead atoms. The fourth-order valence-corrected chi connectivity index (χ4v) is 2.95. The van der Waals surface area contributed by atoms with Crippen molar-refractivity contribution in [3.05, 3.63) is 76.6 Å². The third-order valence-electron chi connectivity index (χ3n) is 4.36. The zero-order chi connectivity index (χ0) is 17.8. The molecule has 4 heteroatoms. The number of carbonyl (C=O) groups is 1. The molecule has 3 rings (SSSR count). The molecule has 0 saturated carbocycles. The lowest BCUT2D eigenvalue weighted by molar-refractivity contribution is 0.0934. The van der Waals surface area contributed by atoms with Crippen LogP contribution in [0.5, 0.6) is 0 Å². The van der Waals surface area contributed by atoms with Crippen LogP contribution >= 0.6 is 11.6 Å². The van der Waals surface area contributed by atoms with E-state index in [9.17, 15) is 4.79 Å². The van der Waals surface area contributed by atoms with E-state index in [-0.39, 0.29) is 11.9 Å². The molecule has 1 aromatic heterocycles. The highest BCUT2D eigenvalue weighted by molar-refractivity contribution is 6.31. The molecule has 128 valence electrons. The quantitative estimate of drug-likeness (QED) is 0.701. The van der Waals surface area contributed by atoms with Crippen molar-refractivity contribution in [3.8, 4) is 0 Å². The van der Waals surface area contributed by atoms with E-state index in [1.807, 2.05) is 68.4 Å². The predicted molar refractivity (Wildman–Crippen MR) is 103 cm³/mol. The molecule has 3 nitrogen and oxygen atoms in total. The average Bonchev–Trinajstić information content (AvgIpc) is 2.63. The second-order valence-electron chi connectivity index (χ2n) is 6.23. The van der Waals surface area contributed by atoms with E-state index in [4.69, 9.17) is 11.6 Å². The third-order valence-corrected chi connectivity index (χ3v) is 4.73. The Bertz CT molecular complexity index is 907. The highest BCUT2D eigenvalue weighted by Crippen LogP contribution is 2.24. The number of fused-ring (bicyclic) bond motifs is 1. The summed E-state index contributed by atoms with van der Waals surface area (Å²) in [4.78, 5) is 17.2. The molecule has 2 aromatic carbocycles. The van der Waals surface area contributed by atoms with Gasteiger partial charge in [-0.25, -0.2) is 4.98 Å². The van der Waals surface area contributed by atoms with Crippen LogP contribution in [-0.4, -0.2) is 16.9 Å². The molecule has 0 radical (unpaired) electrons. The van der Waals surface area contributed by atoms with Crippen LogP contribution in [0.3, 0.4) is 0 Å². The summed E-state index contributed by atoms with van der Waals surface area (Å²) in [5.41, 5.74) is 2.31. The number of nitrogens with one attached hydrogen (secondary N) is 1. The number of nitrogens with zero attached hydrogens (tertiary/aromatic N) is 1. The Morgan fingerprint density at radius 3 is 2.64 bits per heavy atom. The summed E-state index contributed by atoms with van der Waals surface area (Å²) in [6.45, 7) is 4.03. The van der Waals surface area contributed by atoms with Crippen LogP contribution in [0.4, 0.5) is 0 Å². The number of carbonyl (C=O) groups excluding carboxylic acids is 1. The first-order chi connectivity index (χ1) is 12.1. The first kappa shape index (κ1) is 17.4. The summed E-state index contributed by atoms with van der Waals surface area (Å²) in [6.07, 6.45) is 1.47. The van der Waals surface area contributed by atoms with Gasteiger partial charge in [-0.2, -0.15) is 0 Å². The number of hydrogen-bond acceptors (Lipinski definition) is 2. The summed E-state index contributed by atoms with van der Waals surface area (Å²) in [6, 6.07) is 17.7. The van der Waals surface area contributed by atoms with Gasteiger partial charge in [0.05, 0.1) is 5.69 Å². The van der Waals surface area contributed by atoms with Gasteiger partial charge in [-0.05, 0) is 36.4 Å². The van der Waals surface area contributed by atoms with Crippen LogP contribution in [0.1, 0.15) is 42.0 Å². The summed E-state index contributed by atoms with van der Waals surface area (Å²) in [5, 5.41) is 5.75. The van der Waals surface area contributed by atoms with Crippen molar-refractivity contribution in [2.45, 2.75) is 32.7 Å². The predicted octanol–water partition coefficient (Wildman–Crippen LogP) is 5.01. The van der Waals surface area contributed by atoms with Crippen molar-refractivity contribution in [1.29, 1.82) is 0 Å². The van der Waals surface area contributed by atoms with Gasteiger partial charge >= 0.3 is 0 Å². The Morgan fingerprint density at radius 1 is 1.16 bits per heavy atom. The minimum absolute atomic E-state index is 0.118. The van der Waals surface area contributed by atoms with Crippen molar-refractivity contribution >= 4 is 28.3 Å². The molecule has 0 fully saturated rings. The Balaban J connectivity index is 2.04. The smallest absolute Gasteiger partial charge is 0.270 e. The maximum atomic E-state index is 12.5. The lowest BCUT2D eigenvalue weighted by Gasteiger charge is -2.13. The maximum absolute atomic E-state index is 12.5. The maximum Gasteiger partial charge on any atom is 0.270 e. The molecule has 1 atom stereocenters. The Morgan fingerprint density at radius 2 is 1.88 bits per heavy atom. The molecule has 0 spiro atoms. The first-order valence-corrected chi connectivity index (χ1v) is 8.89. The van der Waals surface area contributed by atoms with Crippen molar-refractivity contribution in [2.24, 2.45) is 0 Å². The normalized spacial score (nSPS) is 12.1. The van der Waals surface area contributed by atoms with Crippen molar-refractivity contribution in [1.82, 2.24) is 10.3 Å². The van der Waals surface area contributed by atoms with Crippen molar-refractivity contribution in [2.75, 3.05) is 0 Å². The Hall–Kier alpha value is -2.39. The summed E-state index contributed by atoms with van der Waals surface area (Å²) >= 11 is 6.31. The molecular formula is C21H21ClN2O. The zero-order valence-electron chi connectivity index (χ0n) is 14.4. The molecule has 0 aliphatic heterocycles. The van der Waals surface area contributed by atoms with Crippen molar-refractivity contribution < 1.29 is 4.79 Å². The Labute approximate surface area is 153 Å². The average molecular weight is 353 g/mol. The van der Waals surface area contributed by atoms with Crippen LogP contribution in [0.25, 0.3) is 10.8 Å². The van der Waals surface area contributed by atoms with Gasteiger partial charge in [-0.15, -0.1) is 0 Å².